The van der Waals surface area contributed by atoms with Crippen LogP contribution in [0.5, 0.6) is 5.75 Å². The van der Waals surface area contributed by atoms with Crippen molar-refractivity contribution in [1.29, 1.82) is 0 Å². The summed E-state index contributed by atoms with van der Waals surface area (Å²) < 4.78 is 32.8. The molecule has 3 N–H and O–H groups in total. The molecule has 10 heteroatoms. The molecule has 38 heavy (non-hydrogen) atoms. The van der Waals surface area contributed by atoms with Crippen molar-refractivity contribution in [3.8, 4) is 5.75 Å². The predicted molar refractivity (Wildman–Crippen MR) is 154 cm³/mol. The van der Waals surface area contributed by atoms with Gasteiger partial charge in [-0.05, 0) is 52.8 Å². The molecule has 0 spiro atoms. The van der Waals surface area contributed by atoms with E-state index in [0.29, 0.717) is 21.8 Å². The number of nitrogens with one attached hydrogen (secondary N) is 3. The highest BCUT2D eigenvalue weighted by molar-refractivity contribution is 7.92. The molecule has 0 radical (unpaired) electrons. The van der Waals surface area contributed by atoms with Crippen LogP contribution >= 0.6 is 11.3 Å². The van der Waals surface area contributed by atoms with E-state index < -0.39 is 10.0 Å². The van der Waals surface area contributed by atoms with Crippen LogP contribution in [0.25, 0.3) is 10.1 Å². The Morgan fingerprint density at radius 3 is 2.13 bits per heavy atom. The van der Waals surface area contributed by atoms with Crippen LogP contribution in [0.15, 0.2) is 66.7 Å². The summed E-state index contributed by atoms with van der Waals surface area (Å²) in [4.78, 5) is 26.5. The fraction of sp³-hybridized carbons (Fsp3) is 0.214. The van der Waals surface area contributed by atoms with Gasteiger partial charge in [0.05, 0.1) is 40.0 Å². The average molecular weight is 552 g/mol. The van der Waals surface area contributed by atoms with Gasteiger partial charge in [-0.25, -0.2) is 8.42 Å². The quantitative estimate of drug-likeness (QED) is 0.257. The van der Waals surface area contributed by atoms with E-state index in [-0.39, 0.29) is 28.7 Å². The molecular weight excluding hydrogens is 522 g/mol. The van der Waals surface area contributed by atoms with Crippen molar-refractivity contribution in [3.05, 3.63) is 82.7 Å². The SMILES string of the molecule is COc1c(NC(=O)c2cc3cccc(NC(=O)c4ccccc4)c3s2)cc(C(C)(C)C)cc1NS(C)(=O)=O. The van der Waals surface area contributed by atoms with Gasteiger partial charge >= 0.3 is 0 Å². The third-order valence-electron chi connectivity index (χ3n) is 5.75. The zero-order valence-electron chi connectivity index (χ0n) is 21.7. The van der Waals surface area contributed by atoms with Crippen LogP contribution in [-0.4, -0.2) is 33.6 Å². The Kier molecular flexibility index (Phi) is 7.48. The number of rotatable bonds is 7. The molecule has 4 rings (SSSR count). The first-order valence-corrected chi connectivity index (χ1v) is 14.5. The zero-order valence-corrected chi connectivity index (χ0v) is 23.3. The van der Waals surface area contributed by atoms with Crippen LogP contribution in [0.2, 0.25) is 0 Å². The number of thiophene rings is 1. The van der Waals surface area contributed by atoms with Gasteiger partial charge in [0, 0.05) is 5.56 Å². The maximum Gasteiger partial charge on any atom is 0.265 e. The maximum absolute atomic E-state index is 13.4. The van der Waals surface area contributed by atoms with Crippen LogP contribution in [0.4, 0.5) is 17.1 Å². The van der Waals surface area contributed by atoms with Crippen LogP contribution < -0.4 is 20.1 Å². The predicted octanol–water partition coefficient (Wildman–Crippen LogP) is 6.08. The van der Waals surface area contributed by atoms with E-state index in [1.807, 2.05) is 39.0 Å². The zero-order chi connectivity index (χ0) is 27.7. The minimum absolute atomic E-state index is 0.202. The molecular formula is C28H29N3O5S2. The summed E-state index contributed by atoms with van der Waals surface area (Å²) in [7, 11) is -2.18. The smallest absolute Gasteiger partial charge is 0.265 e. The molecule has 0 aliphatic rings. The van der Waals surface area contributed by atoms with E-state index in [0.717, 1.165) is 21.9 Å². The Labute approximate surface area is 226 Å². The van der Waals surface area contributed by atoms with Gasteiger partial charge in [-0.15, -0.1) is 11.3 Å². The third kappa shape index (κ3) is 6.15. The summed E-state index contributed by atoms with van der Waals surface area (Å²) >= 11 is 1.25. The molecule has 0 fully saturated rings. The Morgan fingerprint density at radius 1 is 0.842 bits per heavy atom. The highest BCUT2D eigenvalue weighted by atomic mass is 32.2. The van der Waals surface area contributed by atoms with E-state index in [2.05, 4.69) is 15.4 Å². The lowest BCUT2D eigenvalue weighted by molar-refractivity contribution is 0.102. The van der Waals surface area contributed by atoms with Crippen molar-refractivity contribution < 1.29 is 22.7 Å². The fourth-order valence-corrected chi connectivity index (χ4v) is 5.47. The minimum atomic E-state index is -3.60. The van der Waals surface area contributed by atoms with Crippen molar-refractivity contribution >= 4 is 60.3 Å². The molecule has 0 saturated carbocycles. The number of methoxy groups -OCH3 is 1. The molecule has 0 bridgehead atoms. The molecule has 0 unspecified atom stereocenters. The van der Waals surface area contributed by atoms with E-state index in [1.54, 1.807) is 48.5 Å². The summed E-state index contributed by atoms with van der Waals surface area (Å²) in [6, 6.07) is 19.6. The van der Waals surface area contributed by atoms with Crippen molar-refractivity contribution in [2.45, 2.75) is 26.2 Å². The highest BCUT2D eigenvalue weighted by Gasteiger charge is 2.23. The molecule has 0 aliphatic carbocycles. The third-order valence-corrected chi connectivity index (χ3v) is 7.53. The first kappa shape index (κ1) is 27.2. The summed E-state index contributed by atoms with van der Waals surface area (Å²) in [6.45, 7) is 5.96. The largest absolute Gasteiger partial charge is 0.492 e. The normalized spacial score (nSPS) is 11.7. The van der Waals surface area contributed by atoms with Gasteiger partial charge in [0.25, 0.3) is 11.8 Å². The average Bonchev–Trinajstić information content (AvgIpc) is 3.28. The molecule has 1 aromatic heterocycles. The van der Waals surface area contributed by atoms with Crippen LogP contribution in [0, 0.1) is 0 Å². The number of carbonyl (C=O) groups is 2. The van der Waals surface area contributed by atoms with E-state index in [4.69, 9.17) is 4.74 Å². The molecule has 8 nitrogen and oxygen atoms in total. The fourth-order valence-electron chi connectivity index (χ4n) is 3.89. The monoisotopic (exact) mass is 551 g/mol. The Morgan fingerprint density at radius 2 is 1.50 bits per heavy atom. The van der Waals surface area contributed by atoms with Crippen molar-refractivity contribution in [2.75, 3.05) is 28.7 Å². The number of ether oxygens (including phenoxy) is 1. The highest BCUT2D eigenvalue weighted by Crippen LogP contribution is 2.40. The second kappa shape index (κ2) is 10.5. The van der Waals surface area contributed by atoms with Crippen LogP contribution in [-0.2, 0) is 15.4 Å². The maximum atomic E-state index is 13.4. The summed E-state index contributed by atoms with van der Waals surface area (Å²) in [5.41, 5.74) is 2.19. The molecule has 0 aliphatic heterocycles. The number of sulfonamides is 1. The Hall–Kier alpha value is -3.89. The van der Waals surface area contributed by atoms with E-state index in [9.17, 15) is 18.0 Å². The summed E-state index contributed by atoms with van der Waals surface area (Å²) in [6.07, 6.45) is 1.06. The standard InChI is InChI=1S/C28H29N3O5S2/c1-28(2,3)19-15-21(24(36-4)22(16-19)31-38(5,34)35)30-27(33)23-14-18-12-9-13-20(25(18)37-23)29-26(32)17-10-7-6-8-11-17/h6-16,31H,1-5H3,(H,29,32)(H,30,33). The lowest BCUT2D eigenvalue weighted by atomic mass is 9.86. The van der Waals surface area contributed by atoms with Crippen LogP contribution in [0.3, 0.4) is 0 Å². The van der Waals surface area contributed by atoms with Crippen molar-refractivity contribution in [3.63, 3.8) is 0 Å². The first-order valence-electron chi connectivity index (χ1n) is 11.8. The van der Waals surface area contributed by atoms with Gasteiger partial charge < -0.3 is 15.4 Å². The first-order chi connectivity index (χ1) is 17.9. The molecule has 198 valence electrons. The number of hydrogen-bond donors (Lipinski definition) is 3. The minimum Gasteiger partial charge on any atom is -0.492 e. The van der Waals surface area contributed by atoms with Crippen LogP contribution in [0.1, 0.15) is 46.4 Å². The van der Waals surface area contributed by atoms with Gasteiger partial charge in [-0.2, -0.15) is 0 Å². The topological polar surface area (TPSA) is 114 Å². The van der Waals surface area contributed by atoms with Gasteiger partial charge in [0.2, 0.25) is 10.0 Å². The number of amides is 2. The van der Waals surface area contributed by atoms with Gasteiger partial charge in [0.15, 0.2) is 5.75 Å². The van der Waals surface area contributed by atoms with Gasteiger partial charge in [-0.3, -0.25) is 14.3 Å². The van der Waals surface area contributed by atoms with Gasteiger partial charge in [-0.1, -0.05) is 51.1 Å². The number of carbonyl (C=O) groups excluding carboxylic acids is 2. The Bertz CT molecular complexity index is 1620. The van der Waals surface area contributed by atoms with Crippen molar-refractivity contribution in [1.82, 2.24) is 0 Å². The summed E-state index contributed by atoms with van der Waals surface area (Å²) in [5, 5.41) is 6.62. The second-order valence-electron chi connectivity index (χ2n) is 9.84. The number of benzene rings is 3. The lowest BCUT2D eigenvalue weighted by Gasteiger charge is -2.23. The van der Waals surface area contributed by atoms with Crippen molar-refractivity contribution in [2.24, 2.45) is 0 Å². The number of hydrogen-bond acceptors (Lipinski definition) is 6. The van der Waals surface area contributed by atoms with Gasteiger partial charge in [0.1, 0.15) is 0 Å². The van der Waals surface area contributed by atoms with E-state index in [1.165, 1.54) is 18.4 Å². The molecule has 0 atom stereocenters. The molecule has 1 heterocycles. The second-order valence-corrected chi connectivity index (χ2v) is 12.6. The lowest BCUT2D eigenvalue weighted by Crippen LogP contribution is -2.18. The van der Waals surface area contributed by atoms with E-state index >= 15 is 0 Å². The summed E-state index contributed by atoms with van der Waals surface area (Å²) in [5.74, 6) is -0.429. The molecule has 2 amide bonds. The number of anilines is 3. The molecule has 3 aromatic carbocycles. The molecule has 4 aromatic rings. The molecule has 0 saturated heterocycles. The Balaban J connectivity index is 1.68. The number of fused-ring (bicyclic) bond motifs is 1.